The predicted molar refractivity (Wildman–Crippen MR) is 116 cm³/mol. The number of piperazine rings is 1. The molecule has 4 unspecified atom stereocenters. The number of hydrazine groups is 1. The zero-order valence-electron chi connectivity index (χ0n) is 18.9. The number of carbonyl (C=O) groups excluding carboxylic acids is 2. The molecule has 6 heteroatoms. The Morgan fingerprint density at radius 1 is 0.833 bits per heavy atom. The molecule has 2 aliphatic heterocycles. The van der Waals surface area contributed by atoms with Gasteiger partial charge in [0.2, 0.25) is 11.8 Å². The molecular formula is C24H40N4O2. The van der Waals surface area contributed by atoms with E-state index in [0.29, 0.717) is 23.9 Å². The number of hydrogen-bond acceptors (Lipinski definition) is 4. The molecule has 5 rings (SSSR count). The largest absolute Gasteiger partial charge is 0.339 e. The molecule has 2 amide bonds. The van der Waals surface area contributed by atoms with E-state index in [-0.39, 0.29) is 11.3 Å². The van der Waals surface area contributed by atoms with E-state index in [9.17, 15) is 9.59 Å². The summed E-state index contributed by atoms with van der Waals surface area (Å²) in [6, 6.07) is 1.22. The van der Waals surface area contributed by atoms with Crippen molar-refractivity contribution >= 4 is 11.8 Å². The number of fused-ring (bicyclic) bond motifs is 1. The van der Waals surface area contributed by atoms with E-state index in [1.165, 1.54) is 32.1 Å². The zero-order valence-corrected chi connectivity index (χ0v) is 18.9. The van der Waals surface area contributed by atoms with Crippen LogP contribution in [0, 0.1) is 29.1 Å². The molecule has 6 nitrogen and oxygen atoms in total. The SMILES string of the molecule is CC1NNC2C(C3CCC(C(=O)N4CCN(C(=O)C5(C)CC5)CC4)CC3)CCCC12. The van der Waals surface area contributed by atoms with Crippen molar-refractivity contribution in [1.29, 1.82) is 0 Å². The quantitative estimate of drug-likeness (QED) is 0.742. The van der Waals surface area contributed by atoms with Crippen LogP contribution in [0.4, 0.5) is 0 Å². The van der Waals surface area contributed by atoms with Crippen molar-refractivity contribution in [2.75, 3.05) is 26.2 Å². The van der Waals surface area contributed by atoms with Gasteiger partial charge in [-0.25, -0.2) is 0 Å². The highest BCUT2D eigenvalue weighted by atomic mass is 16.2. The summed E-state index contributed by atoms with van der Waals surface area (Å²) in [7, 11) is 0. The minimum Gasteiger partial charge on any atom is -0.339 e. The third-order valence-electron chi connectivity index (χ3n) is 9.24. The molecule has 168 valence electrons. The lowest BCUT2D eigenvalue weighted by Crippen LogP contribution is -2.53. The molecule has 4 atom stereocenters. The molecule has 5 fully saturated rings. The molecule has 2 N–H and O–H groups in total. The predicted octanol–water partition coefficient (Wildman–Crippen LogP) is 2.54. The zero-order chi connectivity index (χ0) is 20.9. The van der Waals surface area contributed by atoms with Crippen LogP contribution in [-0.2, 0) is 9.59 Å². The lowest BCUT2D eigenvalue weighted by Gasteiger charge is -2.42. The first kappa shape index (κ1) is 20.7. The fraction of sp³-hybridized carbons (Fsp3) is 0.917. The molecule has 30 heavy (non-hydrogen) atoms. The maximum absolute atomic E-state index is 13.1. The highest BCUT2D eigenvalue weighted by Gasteiger charge is 2.48. The second kappa shape index (κ2) is 8.09. The molecule has 2 saturated heterocycles. The van der Waals surface area contributed by atoms with Crippen LogP contribution in [-0.4, -0.2) is 59.9 Å². The summed E-state index contributed by atoms with van der Waals surface area (Å²) >= 11 is 0. The summed E-state index contributed by atoms with van der Waals surface area (Å²) in [6.07, 6.45) is 10.6. The van der Waals surface area contributed by atoms with Crippen molar-refractivity contribution < 1.29 is 9.59 Å². The standard InChI is InChI=1S/C24H40N4O2/c1-16-19-4-3-5-20(21(19)26-25-16)17-6-8-18(9-7-17)22(29)27-12-14-28(15-13-27)23(30)24(2)10-11-24/h16-21,25-26H,3-15H2,1-2H3. The Balaban J connectivity index is 1.10. The van der Waals surface area contributed by atoms with Gasteiger partial charge in [0, 0.05) is 49.6 Å². The second-order valence-corrected chi connectivity index (χ2v) is 11.2. The molecule has 0 aromatic heterocycles. The van der Waals surface area contributed by atoms with Crippen LogP contribution in [0.3, 0.4) is 0 Å². The molecular weight excluding hydrogens is 376 g/mol. The number of nitrogens with zero attached hydrogens (tertiary/aromatic N) is 2. The van der Waals surface area contributed by atoms with Crippen LogP contribution < -0.4 is 10.9 Å². The minimum absolute atomic E-state index is 0.0931. The number of nitrogens with one attached hydrogen (secondary N) is 2. The van der Waals surface area contributed by atoms with Crippen molar-refractivity contribution in [2.45, 2.75) is 83.7 Å². The van der Waals surface area contributed by atoms with E-state index < -0.39 is 0 Å². The summed E-state index contributed by atoms with van der Waals surface area (Å²) in [5.41, 5.74) is 7.01. The third-order valence-corrected chi connectivity index (χ3v) is 9.24. The van der Waals surface area contributed by atoms with E-state index in [1.54, 1.807) is 0 Å². The first-order chi connectivity index (χ1) is 14.5. The average molecular weight is 417 g/mol. The van der Waals surface area contributed by atoms with Crippen LogP contribution in [0.2, 0.25) is 0 Å². The van der Waals surface area contributed by atoms with Gasteiger partial charge in [-0.15, -0.1) is 0 Å². The van der Waals surface area contributed by atoms with E-state index in [2.05, 4.69) is 24.7 Å². The molecule has 0 aromatic rings. The topological polar surface area (TPSA) is 64.7 Å². The van der Waals surface area contributed by atoms with Gasteiger partial charge in [0.25, 0.3) is 0 Å². The maximum Gasteiger partial charge on any atom is 0.228 e. The van der Waals surface area contributed by atoms with Crippen molar-refractivity contribution in [3.05, 3.63) is 0 Å². The van der Waals surface area contributed by atoms with E-state index >= 15 is 0 Å². The molecule has 0 spiro atoms. The average Bonchev–Trinajstić information content (AvgIpc) is 3.43. The number of rotatable bonds is 3. The summed E-state index contributed by atoms with van der Waals surface area (Å²) in [6.45, 7) is 7.28. The van der Waals surface area contributed by atoms with Crippen molar-refractivity contribution in [2.24, 2.45) is 29.1 Å². The Hall–Kier alpha value is -1.14. The van der Waals surface area contributed by atoms with Gasteiger partial charge < -0.3 is 9.80 Å². The van der Waals surface area contributed by atoms with Gasteiger partial charge in [-0.05, 0) is 76.0 Å². The summed E-state index contributed by atoms with van der Waals surface area (Å²) < 4.78 is 0. The highest BCUT2D eigenvalue weighted by molar-refractivity contribution is 5.85. The van der Waals surface area contributed by atoms with Crippen molar-refractivity contribution in [3.8, 4) is 0 Å². The Labute approximate surface area is 181 Å². The van der Waals surface area contributed by atoms with Gasteiger partial charge in [-0.3, -0.25) is 20.4 Å². The monoisotopic (exact) mass is 416 g/mol. The molecule has 3 saturated carbocycles. The van der Waals surface area contributed by atoms with E-state index in [1.807, 2.05) is 9.80 Å². The van der Waals surface area contributed by atoms with Gasteiger partial charge in [-0.1, -0.05) is 13.3 Å². The first-order valence-electron chi connectivity index (χ1n) is 12.6. The number of carbonyl (C=O) groups is 2. The van der Waals surface area contributed by atoms with Crippen LogP contribution in [0.1, 0.15) is 71.6 Å². The van der Waals surface area contributed by atoms with E-state index in [4.69, 9.17) is 0 Å². The lowest BCUT2D eigenvalue weighted by atomic mass is 9.65. The maximum atomic E-state index is 13.1. The molecule has 2 heterocycles. The summed E-state index contributed by atoms with van der Waals surface area (Å²) in [5, 5.41) is 0. The Bertz CT molecular complexity index is 662. The minimum atomic E-state index is -0.0931. The summed E-state index contributed by atoms with van der Waals surface area (Å²) in [4.78, 5) is 29.7. The van der Waals surface area contributed by atoms with Gasteiger partial charge in [0.05, 0.1) is 0 Å². The van der Waals surface area contributed by atoms with Gasteiger partial charge in [-0.2, -0.15) is 0 Å². The molecule has 0 radical (unpaired) electrons. The first-order valence-corrected chi connectivity index (χ1v) is 12.6. The van der Waals surface area contributed by atoms with Crippen molar-refractivity contribution in [3.63, 3.8) is 0 Å². The highest BCUT2D eigenvalue weighted by Crippen LogP contribution is 2.47. The lowest BCUT2D eigenvalue weighted by molar-refractivity contribution is -0.145. The molecule has 3 aliphatic carbocycles. The number of hydrogen-bond donors (Lipinski definition) is 2. The van der Waals surface area contributed by atoms with Crippen LogP contribution in [0.25, 0.3) is 0 Å². The van der Waals surface area contributed by atoms with Crippen molar-refractivity contribution in [1.82, 2.24) is 20.7 Å². The van der Waals surface area contributed by atoms with Crippen LogP contribution in [0.5, 0.6) is 0 Å². The number of amides is 2. The smallest absolute Gasteiger partial charge is 0.228 e. The summed E-state index contributed by atoms with van der Waals surface area (Å²) in [5.74, 6) is 3.20. The molecule has 0 bridgehead atoms. The Morgan fingerprint density at radius 2 is 1.47 bits per heavy atom. The van der Waals surface area contributed by atoms with Gasteiger partial charge in [0.1, 0.15) is 0 Å². The fourth-order valence-corrected chi connectivity index (χ4v) is 6.87. The molecule has 0 aromatic carbocycles. The molecule has 5 aliphatic rings. The van der Waals surface area contributed by atoms with Gasteiger partial charge >= 0.3 is 0 Å². The Morgan fingerprint density at radius 3 is 2.13 bits per heavy atom. The third kappa shape index (κ3) is 3.79. The van der Waals surface area contributed by atoms with Gasteiger partial charge in [0.15, 0.2) is 0 Å². The van der Waals surface area contributed by atoms with E-state index in [0.717, 1.165) is 69.6 Å². The van der Waals surface area contributed by atoms with Crippen LogP contribution >= 0.6 is 0 Å². The normalized spacial score (nSPS) is 40.7. The van der Waals surface area contributed by atoms with Crippen LogP contribution in [0.15, 0.2) is 0 Å². The second-order valence-electron chi connectivity index (χ2n) is 11.2. The Kier molecular flexibility index (Phi) is 5.59. The fourth-order valence-electron chi connectivity index (χ4n) is 6.87.